The van der Waals surface area contributed by atoms with E-state index in [1.54, 1.807) is 0 Å². The Morgan fingerprint density at radius 1 is 1.47 bits per heavy atom. The van der Waals surface area contributed by atoms with Crippen LogP contribution in [0.5, 0.6) is 0 Å². The van der Waals surface area contributed by atoms with E-state index in [1.807, 2.05) is 4.90 Å². The number of nitrogens with one attached hydrogen (secondary N) is 2. The van der Waals surface area contributed by atoms with Crippen LogP contribution in [0, 0.1) is 10.1 Å². The number of nitro groups is 1. The average molecular weight is 266 g/mol. The number of carbonyl (C=O) groups is 1. The maximum atomic E-state index is 11.3. The minimum absolute atomic E-state index is 0.0369. The van der Waals surface area contributed by atoms with E-state index < -0.39 is 4.92 Å². The van der Waals surface area contributed by atoms with Crippen LogP contribution in [0.3, 0.4) is 0 Å². The van der Waals surface area contributed by atoms with E-state index in [0.717, 1.165) is 0 Å². The second-order valence-electron chi connectivity index (χ2n) is 4.06. The zero-order valence-electron chi connectivity index (χ0n) is 10.1. The molecule has 0 unspecified atom stereocenters. The molecule has 1 aliphatic heterocycles. The molecule has 0 radical (unpaired) electrons. The Balaban J connectivity index is 2.29. The quantitative estimate of drug-likeness (QED) is 0.386. The lowest BCUT2D eigenvalue weighted by Crippen LogP contribution is -2.29. The monoisotopic (exact) mass is 266 g/mol. The van der Waals surface area contributed by atoms with Gasteiger partial charge in [0.15, 0.2) is 0 Å². The van der Waals surface area contributed by atoms with Gasteiger partial charge in [-0.25, -0.2) is 10.8 Å². The predicted octanol–water partition coefficient (Wildman–Crippen LogP) is -0.398. The molecule has 1 saturated heterocycles. The van der Waals surface area contributed by atoms with Crippen molar-refractivity contribution in [2.75, 3.05) is 30.0 Å². The molecule has 0 atom stereocenters. The zero-order valence-corrected chi connectivity index (χ0v) is 10.1. The number of hydrazine groups is 1. The molecule has 9 heteroatoms. The highest BCUT2D eigenvalue weighted by Gasteiger charge is 2.18. The van der Waals surface area contributed by atoms with Crippen molar-refractivity contribution in [3.63, 3.8) is 0 Å². The second-order valence-corrected chi connectivity index (χ2v) is 4.06. The Hall–Kier alpha value is -2.42. The first-order chi connectivity index (χ1) is 9.10. The van der Waals surface area contributed by atoms with Crippen molar-refractivity contribution in [2.45, 2.75) is 6.42 Å². The lowest BCUT2D eigenvalue weighted by Gasteiger charge is -2.20. The second kappa shape index (κ2) is 5.48. The van der Waals surface area contributed by atoms with Gasteiger partial charge in [-0.05, 0) is 0 Å². The van der Waals surface area contributed by atoms with Crippen LogP contribution in [-0.2, 0) is 4.79 Å². The predicted molar refractivity (Wildman–Crippen MR) is 68.5 cm³/mol. The Labute approximate surface area is 108 Å². The van der Waals surface area contributed by atoms with Gasteiger partial charge in [-0.2, -0.15) is 0 Å². The zero-order chi connectivity index (χ0) is 13.8. The molecule has 1 aromatic heterocycles. The molecule has 1 fully saturated rings. The first-order valence-corrected chi connectivity index (χ1v) is 5.75. The van der Waals surface area contributed by atoms with Gasteiger partial charge in [0.25, 0.3) is 5.69 Å². The van der Waals surface area contributed by atoms with E-state index in [1.165, 1.54) is 12.1 Å². The fourth-order valence-electron chi connectivity index (χ4n) is 1.84. The molecular weight excluding hydrogens is 252 g/mol. The van der Waals surface area contributed by atoms with Crippen molar-refractivity contribution >= 4 is 23.2 Å². The number of amides is 1. The lowest BCUT2D eigenvalue weighted by atomic mass is 10.3. The van der Waals surface area contributed by atoms with Crippen LogP contribution in [0.2, 0.25) is 0 Å². The molecule has 0 aromatic carbocycles. The van der Waals surface area contributed by atoms with E-state index in [4.69, 9.17) is 5.84 Å². The van der Waals surface area contributed by atoms with E-state index in [-0.39, 0.29) is 17.4 Å². The Kier molecular flexibility index (Phi) is 3.76. The molecule has 2 heterocycles. The smallest absolute Gasteiger partial charge is 0.276 e. The number of hydrogen-bond donors (Lipinski definition) is 3. The van der Waals surface area contributed by atoms with E-state index >= 15 is 0 Å². The minimum atomic E-state index is -0.507. The summed E-state index contributed by atoms with van der Waals surface area (Å²) < 4.78 is 0. The molecule has 0 saturated carbocycles. The fourth-order valence-corrected chi connectivity index (χ4v) is 1.84. The highest BCUT2D eigenvalue weighted by atomic mass is 16.6. The number of carbonyl (C=O) groups excluding carboxylic acids is 1. The normalized spacial score (nSPS) is 15.6. The van der Waals surface area contributed by atoms with Crippen molar-refractivity contribution in [1.82, 2.24) is 10.3 Å². The number of pyridine rings is 1. The van der Waals surface area contributed by atoms with Crippen molar-refractivity contribution < 1.29 is 9.72 Å². The van der Waals surface area contributed by atoms with Crippen molar-refractivity contribution in [3.8, 4) is 0 Å². The van der Waals surface area contributed by atoms with Gasteiger partial charge in [0.05, 0.1) is 17.1 Å². The van der Waals surface area contributed by atoms with Crippen LogP contribution in [-0.4, -0.2) is 35.4 Å². The molecule has 0 bridgehead atoms. The Bertz CT molecular complexity index is 506. The standard InChI is InChI=1S/C10H14N6O3/c11-14-8-5-7(16(18)19)6-9(13-8)15-3-1-10(17)12-2-4-15/h5-6H,1-4,11H2,(H,12,17)(H,13,14). The first-order valence-electron chi connectivity index (χ1n) is 5.75. The summed E-state index contributed by atoms with van der Waals surface area (Å²) in [5, 5.41) is 13.6. The third-order valence-electron chi connectivity index (χ3n) is 2.79. The molecule has 0 aliphatic carbocycles. The molecule has 9 nitrogen and oxygen atoms in total. The number of nitrogens with two attached hydrogens (primary N) is 1. The summed E-state index contributed by atoms with van der Waals surface area (Å²) in [7, 11) is 0. The van der Waals surface area contributed by atoms with Gasteiger partial charge in [0.2, 0.25) is 5.91 Å². The van der Waals surface area contributed by atoms with E-state index in [0.29, 0.717) is 31.9 Å². The van der Waals surface area contributed by atoms with E-state index in [2.05, 4.69) is 15.7 Å². The number of aromatic nitrogens is 1. The average Bonchev–Trinajstić information content (AvgIpc) is 2.63. The molecule has 1 aromatic rings. The molecule has 1 aliphatic rings. The van der Waals surface area contributed by atoms with Gasteiger partial charge in [0, 0.05) is 26.1 Å². The van der Waals surface area contributed by atoms with Gasteiger partial charge in [0.1, 0.15) is 11.6 Å². The van der Waals surface area contributed by atoms with Gasteiger partial charge in [-0.1, -0.05) is 0 Å². The maximum Gasteiger partial charge on any atom is 0.276 e. The van der Waals surface area contributed by atoms with Crippen LogP contribution < -0.4 is 21.5 Å². The van der Waals surface area contributed by atoms with Crippen LogP contribution in [0.4, 0.5) is 17.3 Å². The largest absolute Gasteiger partial charge is 0.354 e. The van der Waals surface area contributed by atoms with Gasteiger partial charge in [-0.15, -0.1) is 0 Å². The van der Waals surface area contributed by atoms with Gasteiger partial charge >= 0.3 is 0 Å². The Morgan fingerprint density at radius 3 is 2.95 bits per heavy atom. The first kappa shape index (κ1) is 13.0. The molecule has 0 spiro atoms. The van der Waals surface area contributed by atoms with Crippen LogP contribution in [0.25, 0.3) is 0 Å². The lowest BCUT2D eigenvalue weighted by molar-refractivity contribution is -0.384. The summed E-state index contributed by atoms with van der Waals surface area (Å²) in [5.74, 6) is 5.86. The summed E-state index contributed by atoms with van der Waals surface area (Å²) in [5.41, 5.74) is 2.21. The van der Waals surface area contributed by atoms with Gasteiger partial charge in [-0.3, -0.25) is 14.9 Å². The van der Waals surface area contributed by atoms with Gasteiger partial charge < -0.3 is 15.6 Å². The number of nitrogens with zero attached hydrogens (tertiary/aromatic N) is 3. The maximum absolute atomic E-state index is 11.3. The van der Waals surface area contributed by atoms with Crippen LogP contribution >= 0.6 is 0 Å². The molecule has 1 amide bonds. The summed E-state index contributed by atoms with van der Waals surface area (Å²) in [6.45, 7) is 1.49. The van der Waals surface area contributed by atoms with E-state index in [9.17, 15) is 14.9 Å². The third-order valence-corrected chi connectivity index (χ3v) is 2.79. The summed E-state index contributed by atoms with van der Waals surface area (Å²) >= 11 is 0. The summed E-state index contributed by atoms with van der Waals surface area (Å²) in [4.78, 5) is 27.6. The number of rotatable bonds is 3. The highest BCUT2D eigenvalue weighted by Crippen LogP contribution is 2.23. The van der Waals surface area contributed by atoms with Crippen LogP contribution in [0.1, 0.15) is 6.42 Å². The van der Waals surface area contributed by atoms with Crippen LogP contribution in [0.15, 0.2) is 12.1 Å². The molecule has 2 rings (SSSR count). The molecule has 19 heavy (non-hydrogen) atoms. The minimum Gasteiger partial charge on any atom is -0.354 e. The molecule has 102 valence electrons. The molecule has 4 N–H and O–H groups in total. The number of hydrogen-bond acceptors (Lipinski definition) is 7. The third kappa shape index (κ3) is 3.07. The summed E-state index contributed by atoms with van der Waals surface area (Å²) in [6, 6.07) is 2.63. The number of nitrogen functional groups attached to an aromatic ring is 1. The highest BCUT2D eigenvalue weighted by molar-refractivity contribution is 5.77. The topological polar surface area (TPSA) is 126 Å². The number of anilines is 2. The SMILES string of the molecule is NNc1cc([N+](=O)[O-])cc(N2CCNC(=O)CC2)n1. The summed E-state index contributed by atoms with van der Waals surface area (Å²) in [6.07, 6.45) is 0.329. The van der Waals surface area contributed by atoms with Crippen molar-refractivity contribution in [1.29, 1.82) is 0 Å². The van der Waals surface area contributed by atoms with Crippen molar-refractivity contribution in [3.05, 3.63) is 22.2 Å². The van der Waals surface area contributed by atoms with Crippen molar-refractivity contribution in [2.24, 2.45) is 5.84 Å². The molecular formula is C10H14N6O3. The fraction of sp³-hybridized carbons (Fsp3) is 0.400. The Morgan fingerprint density at radius 2 is 2.26 bits per heavy atom.